The van der Waals surface area contributed by atoms with Gasteiger partial charge in [-0.05, 0) is 6.08 Å². The first-order chi connectivity index (χ1) is 4.61. The molecule has 56 valence electrons. The van der Waals surface area contributed by atoms with Crippen LogP contribution in [0.15, 0.2) is 23.6 Å². The van der Waals surface area contributed by atoms with E-state index in [0.717, 1.165) is 0 Å². The van der Waals surface area contributed by atoms with Crippen molar-refractivity contribution in [2.45, 2.75) is 12.5 Å². The van der Waals surface area contributed by atoms with Crippen molar-refractivity contribution in [2.75, 3.05) is 0 Å². The van der Waals surface area contributed by atoms with E-state index in [0.29, 0.717) is 6.08 Å². The largest absolute Gasteiger partial charge is 0.388 e. The van der Waals surface area contributed by atoms with Crippen molar-refractivity contribution < 1.29 is 18.3 Å². The predicted molar refractivity (Wildman–Crippen MR) is 29.1 cm³/mol. The fourth-order valence-electron chi connectivity index (χ4n) is 0.704. The summed E-state index contributed by atoms with van der Waals surface area (Å²) in [6.45, 7) is 0. The Hall–Kier alpha value is -0.770. The molecule has 0 radical (unpaired) electrons. The highest BCUT2D eigenvalue weighted by Gasteiger charge is 2.20. The minimum Gasteiger partial charge on any atom is -0.388 e. The lowest BCUT2D eigenvalue weighted by Crippen LogP contribution is -2.08. The molecule has 0 spiro atoms. The molecular formula is C6H5F3O. The van der Waals surface area contributed by atoms with Gasteiger partial charge in [-0.3, -0.25) is 0 Å². The standard InChI is InChI=1S/C6H5F3O/c7-4-1-3(10)2-5(8)6(4)9/h1,3,10H,2H2. The topological polar surface area (TPSA) is 20.2 Å². The van der Waals surface area contributed by atoms with E-state index in [-0.39, 0.29) is 0 Å². The zero-order valence-corrected chi connectivity index (χ0v) is 4.94. The molecular weight excluding hydrogens is 145 g/mol. The first-order valence-corrected chi connectivity index (χ1v) is 2.71. The van der Waals surface area contributed by atoms with Gasteiger partial charge in [0, 0.05) is 6.42 Å². The summed E-state index contributed by atoms with van der Waals surface area (Å²) < 4.78 is 36.3. The maximum atomic E-state index is 12.1. The predicted octanol–water partition coefficient (Wildman–Crippen LogP) is 1.75. The molecule has 1 rings (SSSR count). The van der Waals surface area contributed by atoms with E-state index in [9.17, 15) is 13.2 Å². The van der Waals surface area contributed by atoms with Crippen LogP contribution in [0.2, 0.25) is 0 Å². The molecule has 1 unspecified atom stereocenters. The van der Waals surface area contributed by atoms with Crippen LogP contribution in [0.4, 0.5) is 13.2 Å². The normalized spacial score (nSPS) is 26.8. The third kappa shape index (κ3) is 1.21. The molecule has 0 saturated heterocycles. The van der Waals surface area contributed by atoms with Crippen molar-refractivity contribution in [1.82, 2.24) is 0 Å². The summed E-state index contributed by atoms with van der Waals surface area (Å²) in [6, 6.07) is 0. The van der Waals surface area contributed by atoms with Gasteiger partial charge in [0.15, 0.2) is 11.7 Å². The molecule has 0 aliphatic heterocycles. The monoisotopic (exact) mass is 150 g/mol. The van der Waals surface area contributed by atoms with Crippen molar-refractivity contribution in [3.63, 3.8) is 0 Å². The molecule has 1 aliphatic rings. The van der Waals surface area contributed by atoms with E-state index in [1.54, 1.807) is 0 Å². The zero-order valence-electron chi connectivity index (χ0n) is 4.94. The lowest BCUT2D eigenvalue weighted by atomic mass is 10.1. The van der Waals surface area contributed by atoms with Crippen LogP contribution < -0.4 is 0 Å². The molecule has 0 bridgehead atoms. The Morgan fingerprint density at radius 3 is 2.50 bits per heavy atom. The summed E-state index contributed by atoms with van der Waals surface area (Å²) >= 11 is 0. The maximum absolute atomic E-state index is 12.1. The number of hydrogen-bond acceptors (Lipinski definition) is 1. The molecule has 1 aliphatic carbocycles. The molecule has 0 fully saturated rings. The van der Waals surface area contributed by atoms with E-state index >= 15 is 0 Å². The highest BCUT2D eigenvalue weighted by atomic mass is 19.2. The Kier molecular flexibility index (Phi) is 1.80. The van der Waals surface area contributed by atoms with Crippen LogP contribution in [0.25, 0.3) is 0 Å². The molecule has 4 heteroatoms. The number of rotatable bonds is 0. The van der Waals surface area contributed by atoms with Crippen LogP contribution in [0.3, 0.4) is 0 Å². The van der Waals surface area contributed by atoms with Crippen LogP contribution >= 0.6 is 0 Å². The van der Waals surface area contributed by atoms with Crippen LogP contribution in [-0.4, -0.2) is 11.2 Å². The fraction of sp³-hybridized carbons (Fsp3) is 0.333. The number of aliphatic hydroxyl groups excluding tert-OH is 1. The molecule has 0 aromatic carbocycles. The second-order valence-corrected chi connectivity index (χ2v) is 2.00. The Morgan fingerprint density at radius 2 is 2.00 bits per heavy atom. The molecule has 1 N–H and O–H groups in total. The van der Waals surface area contributed by atoms with Crippen molar-refractivity contribution in [2.24, 2.45) is 0 Å². The average Bonchev–Trinajstić information content (AvgIpc) is 1.82. The van der Waals surface area contributed by atoms with E-state index in [4.69, 9.17) is 5.11 Å². The molecule has 0 heterocycles. The first-order valence-electron chi connectivity index (χ1n) is 2.71. The van der Waals surface area contributed by atoms with E-state index in [1.165, 1.54) is 0 Å². The van der Waals surface area contributed by atoms with Gasteiger partial charge in [-0.2, -0.15) is 0 Å². The number of hydrogen-bond donors (Lipinski definition) is 1. The van der Waals surface area contributed by atoms with E-state index in [2.05, 4.69) is 0 Å². The van der Waals surface area contributed by atoms with Crippen molar-refractivity contribution in [3.8, 4) is 0 Å². The minimum atomic E-state index is -1.50. The summed E-state index contributed by atoms with van der Waals surface area (Å²) in [5, 5.41) is 8.61. The molecule has 0 saturated carbocycles. The molecule has 0 aromatic heterocycles. The van der Waals surface area contributed by atoms with Gasteiger partial charge in [0.25, 0.3) is 0 Å². The Labute approximate surface area is 55.5 Å². The number of aliphatic hydroxyl groups is 1. The second kappa shape index (κ2) is 2.46. The Bertz CT molecular complexity index is 207. The van der Waals surface area contributed by atoms with Gasteiger partial charge in [0.2, 0.25) is 0 Å². The van der Waals surface area contributed by atoms with Gasteiger partial charge < -0.3 is 5.11 Å². The number of halogens is 3. The van der Waals surface area contributed by atoms with Crippen molar-refractivity contribution in [3.05, 3.63) is 23.6 Å². The summed E-state index contributed by atoms with van der Waals surface area (Å²) in [6.07, 6.45) is -1.07. The van der Waals surface area contributed by atoms with E-state index in [1.807, 2.05) is 0 Å². The summed E-state index contributed by atoms with van der Waals surface area (Å²) in [4.78, 5) is 0. The lowest BCUT2D eigenvalue weighted by Gasteiger charge is -2.09. The third-order valence-corrected chi connectivity index (χ3v) is 1.17. The quantitative estimate of drug-likeness (QED) is 0.557. The zero-order chi connectivity index (χ0) is 7.72. The fourth-order valence-corrected chi connectivity index (χ4v) is 0.704. The Morgan fingerprint density at radius 1 is 1.40 bits per heavy atom. The van der Waals surface area contributed by atoms with Crippen LogP contribution in [0, 0.1) is 0 Å². The second-order valence-electron chi connectivity index (χ2n) is 2.00. The highest BCUT2D eigenvalue weighted by Crippen LogP contribution is 2.27. The summed E-state index contributed by atoms with van der Waals surface area (Å²) in [5.41, 5.74) is 0. The van der Waals surface area contributed by atoms with Gasteiger partial charge in [0.1, 0.15) is 5.83 Å². The maximum Gasteiger partial charge on any atom is 0.190 e. The summed E-state index contributed by atoms with van der Waals surface area (Å²) in [5.74, 6) is -4.05. The van der Waals surface area contributed by atoms with Gasteiger partial charge >= 0.3 is 0 Å². The smallest absolute Gasteiger partial charge is 0.190 e. The SMILES string of the molecule is OC1C=C(F)C(F)=C(F)C1. The van der Waals surface area contributed by atoms with Gasteiger partial charge in [0.05, 0.1) is 6.10 Å². The Balaban J connectivity index is 2.90. The van der Waals surface area contributed by atoms with E-state index < -0.39 is 30.0 Å². The van der Waals surface area contributed by atoms with Gasteiger partial charge in [-0.25, -0.2) is 13.2 Å². The van der Waals surface area contributed by atoms with Crippen LogP contribution in [0.5, 0.6) is 0 Å². The summed E-state index contributed by atoms with van der Waals surface area (Å²) in [7, 11) is 0. The molecule has 0 aromatic rings. The average molecular weight is 150 g/mol. The molecule has 1 nitrogen and oxygen atoms in total. The van der Waals surface area contributed by atoms with Crippen molar-refractivity contribution in [1.29, 1.82) is 0 Å². The lowest BCUT2D eigenvalue weighted by molar-refractivity contribution is 0.203. The molecule has 1 atom stereocenters. The third-order valence-electron chi connectivity index (χ3n) is 1.17. The van der Waals surface area contributed by atoms with Gasteiger partial charge in [-0.1, -0.05) is 0 Å². The first kappa shape index (κ1) is 7.34. The number of allylic oxidation sites excluding steroid dienone is 2. The van der Waals surface area contributed by atoms with Gasteiger partial charge in [-0.15, -0.1) is 0 Å². The molecule has 10 heavy (non-hydrogen) atoms. The minimum absolute atomic E-state index is 0.473. The molecule has 0 amide bonds. The van der Waals surface area contributed by atoms with Crippen LogP contribution in [-0.2, 0) is 0 Å². The highest BCUT2D eigenvalue weighted by molar-refractivity contribution is 5.27. The van der Waals surface area contributed by atoms with Crippen molar-refractivity contribution >= 4 is 0 Å². The van der Waals surface area contributed by atoms with Crippen LogP contribution in [0.1, 0.15) is 6.42 Å².